The predicted molar refractivity (Wildman–Crippen MR) is 108 cm³/mol. The molecule has 8 nitrogen and oxygen atoms in total. The summed E-state index contributed by atoms with van der Waals surface area (Å²) in [6, 6.07) is 6.55. The van der Waals surface area contributed by atoms with Crippen LogP contribution in [0.1, 0.15) is 43.7 Å². The van der Waals surface area contributed by atoms with E-state index in [4.69, 9.17) is 4.74 Å². The molecule has 1 heterocycles. The van der Waals surface area contributed by atoms with Crippen LogP contribution < -0.4 is 21.1 Å². The highest BCUT2D eigenvalue weighted by atomic mass is 16.5. The molecular weight excluding hydrogens is 388 g/mol. The lowest BCUT2D eigenvalue weighted by atomic mass is 9.65. The Kier molecular flexibility index (Phi) is 5.45. The number of nitrogens with zero attached hydrogens (tertiary/aromatic N) is 2. The van der Waals surface area contributed by atoms with Crippen molar-refractivity contribution < 1.29 is 19.4 Å². The van der Waals surface area contributed by atoms with Gasteiger partial charge in [-0.2, -0.15) is 0 Å². The van der Waals surface area contributed by atoms with E-state index < -0.39 is 34.4 Å². The minimum Gasteiger partial charge on any atom is -0.860 e. The Morgan fingerprint density at radius 2 is 1.53 bits per heavy atom. The molecule has 8 heteroatoms. The molecule has 0 aliphatic heterocycles. The summed E-state index contributed by atoms with van der Waals surface area (Å²) in [5, 5.41) is 13.0. The smallest absolute Gasteiger partial charge is 0.329 e. The van der Waals surface area contributed by atoms with Crippen LogP contribution in [0, 0.1) is 11.3 Å². The molecule has 3 rings (SSSR count). The quantitative estimate of drug-likeness (QED) is 0.688. The van der Waals surface area contributed by atoms with E-state index >= 15 is 0 Å². The third kappa shape index (κ3) is 3.58. The molecule has 0 bridgehead atoms. The minimum absolute atomic E-state index is 0.163. The fourth-order valence-electron chi connectivity index (χ4n) is 4.23. The summed E-state index contributed by atoms with van der Waals surface area (Å²) < 4.78 is 6.82. The number of aromatic nitrogens is 2. The van der Waals surface area contributed by atoms with Gasteiger partial charge in [0, 0.05) is 38.4 Å². The molecular formula is C22H25N2O6-. The van der Waals surface area contributed by atoms with Crippen LogP contribution in [0.15, 0.2) is 33.9 Å². The van der Waals surface area contributed by atoms with Crippen molar-refractivity contribution in [2.75, 3.05) is 7.11 Å². The van der Waals surface area contributed by atoms with Crippen LogP contribution in [0.4, 0.5) is 0 Å². The second-order valence-electron chi connectivity index (χ2n) is 8.60. The molecule has 0 radical (unpaired) electrons. The van der Waals surface area contributed by atoms with Gasteiger partial charge < -0.3 is 14.4 Å². The topological polar surface area (TPSA) is 110 Å². The predicted octanol–water partition coefficient (Wildman–Crippen LogP) is 0.872. The van der Waals surface area contributed by atoms with Gasteiger partial charge in [0.1, 0.15) is 17.3 Å². The number of carbonyl (C=O) groups excluding carboxylic acids is 2. The Bertz CT molecular complexity index is 1100. The first-order chi connectivity index (χ1) is 14.0. The van der Waals surface area contributed by atoms with Gasteiger partial charge in [-0.3, -0.25) is 19.0 Å². The fraction of sp³-hybridized carbons (Fsp3) is 0.455. The number of rotatable bonds is 4. The number of hydrogen-bond donors (Lipinski definition) is 0. The summed E-state index contributed by atoms with van der Waals surface area (Å²) in [6.07, 6.45) is 0.326. The normalized spacial score (nSPS) is 17.8. The zero-order chi connectivity index (χ0) is 22.4. The van der Waals surface area contributed by atoms with Crippen molar-refractivity contribution in [3.8, 4) is 11.6 Å². The molecule has 0 saturated heterocycles. The maximum atomic E-state index is 13.1. The highest BCUT2D eigenvalue weighted by molar-refractivity contribution is 6.06. The van der Waals surface area contributed by atoms with E-state index in [1.807, 2.05) is 13.8 Å². The summed E-state index contributed by atoms with van der Waals surface area (Å²) >= 11 is 0. The summed E-state index contributed by atoms with van der Waals surface area (Å²) in [4.78, 5) is 51.3. The van der Waals surface area contributed by atoms with Crippen molar-refractivity contribution >= 4 is 11.6 Å². The summed E-state index contributed by atoms with van der Waals surface area (Å²) in [5.74, 6) is -3.11. The third-order valence-corrected chi connectivity index (χ3v) is 5.76. The molecule has 1 aliphatic rings. The first-order valence-electron chi connectivity index (χ1n) is 9.65. The third-order valence-electron chi connectivity index (χ3n) is 5.76. The van der Waals surface area contributed by atoms with E-state index in [1.165, 1.54) is 21.2 Å². The number of methoxy groups -OCH3 is 1. The van der Waals surface area contributed by atoms with Gasteiger partial charge in [-0.25, -0.2) is 4.79 Å². The summed E-state index contributed by atoms with van der Waals surface area (Å²) in [7, 11) is 4.04. The summed E-state index contributed by atoms with van der Waals surface area (Å²) in [5.41, 5.74) is -1.82. The number of Topliss-reactive ketones (excluding diaryl/α,β-unsaturated/α-hetero) is 2. The molecule has 0 N–H and O–H groups in total. The van der Waals surface area contributed by atoms with E-state index in [0.717, 1.165) is 9.13 Å². The SMILES string of the molecule is COc1ccc(C(c2c([O-])n(C)c(=O)n(C)c2=O)C2C(=O)CC(C)(C)CC2=O)cc1. The number of ether oxygens (including phenoxy) is 1. The lowest BCUT2D eigenvalue weighted by molar-refractivity contribution is -0.281. The number of ketones is 2. The number of hydrogen-bond acceptors (Lipinski definition) is 6. The first kappa shape index (κ1) is 21.5. The Hall–Kier alpha value is -3.16. The van der Waals surface area contributed by atoms with Crippen LogP contribution in [0.3, 0.4) is 0 Å². The molecule has 1 aromatic carbocycles. The molecule has 0 amide bonds. The van der Waals surface area contributed by atoms with Gasteiger partial charge in [0.15, 0.2) is 0 Å². The van der Waals surface area contributed by atoms with Gasteiger partial charge in [0.2, 0.25) is 0 Å². The number of carbonyl (C=O) groups is 2. The highest BCUT2D eigenvalue weighted by Crippen LogP contribution is 2.43. The second kappa shape index (κ2) is 7.59. The maximum Gasteiger partial charge on any atom is 0.329 e. The Morgan fingerprint density at radius 3 is 2.03 bits per heavy atom. The average Bonchev–Trinajstić information content (AvgIpc) is 2.68. The molecule has 1 aliphatic carbocycles. The van der Waals surface area contributed by atoms with Crippen LogP contribution >= 0.6 is 0 Å². The molecule has 2 aromatic rings. The van der Waals surface area contributed by atoms with Crippen molar-refractivity contribution in [2.24, 2.45) is 25.4 Å². The molecule has 1 aromatic heterocycles. The van der Waals surface area contributed by atoms with Crippen LogP contribution in [-0.4, -0.2) is 27.8 Å². The molecule has 160 valence electrons. The van der Waals surface area contributed by atoms with Gasteiger partial charge in [0.05, 0.1) is 13.0 Å². The molecule has 1 saturated carbocycles. The van der Waals surface area contributed by atoms with Crippen LogP contribution in [0.2, 0.25) is 0 Å². The van der Waals surface area contributed by atoms with E-state index in [2.05, 4.69) is 0 Å². The minimum atomic E-state index is -1.16. The monoisotopic (exact) mass is 413 g/mol. The van der Waals surface area contributed by atoms with Gasteiger partial charge >= 0.3 is 5.69 Å². The van der Waals surface area contributed by atoms with E-state index in [0.29, 0.717) is 11.3 Å². The van der Waals surface area contributed by atoms with Gasteiger partial charge in [-0.15, -0.1) is 0 Å². The summed E-state index contributed by atoms with van der Waals surface area (Å²) in [6.45, 7) is 3.68. The van der Waals surface area contributed by atoms with E-state index in [1.54, 1.807) is 24.3 Å². The van der Waals surface area contributed by atoms with Crippen LogP contribution in [0.25, 0.3) is 0 Å². The average molecular weight is 413 g/mol. The molecule has 1 fully saturated rings. The van der Waals surface area contributed by atoms with Crippen molar-refractivity contribution in [3.63, 3.8) is 0 Å². The fourth-order valence-corrected chi connectivity index (χ4v) is 4.23. The standard InChI is InChI=1S/C22H26N2O6/c1-22(2)10-14(25)17(15(26)11-22)16(12-6-8-13(30-5)9-7-12)18-19(27)23(3)21(29)24(4)20(18)28/h6-9,16-17,27H,10-11H2,1-5H3/p-1. The van der Waals surface area contributed by atoms with Gasteiger partial charge in [0.25, 0.3) is 5.56 Å². The molecule has 1 unspecified atom stereocenters. The van der Waals surface area contributed by atoms with Crippen molar-refractivity contribution in [1.82, 2.24) is 9.13 Å². The Morgan fingerprint density at radius 1 is 1.00 bits per heavy atom. The van der Waals surface area contributed by atoms with Crippen LogP contribution in [-0.2, 0) is 23.7 Å². The van der Waals surface area contributed by atoms with Crippen molar-refractivity contribution in [1.29, 1.82) is 0 Å². The largest absolute Gasteiger partial charge is 0.860 e. The lowest BCUT2D eigenvalue weighted by Crippen LogP contribution is -2.46. The van der Waals surface area contributed by atoms with E-state index in [9.17, 15) is 24.3 Å². The zero-order valence-electron chi connectivity index (χ0n) is 17.7. The highest BCUT2D eigenvalue weighted by Gasteiger charge is 2.45. The van der Waals surface area contributed by atoms with Crippen LogP contribution in [0.5, 0.6) is 11.6 Å². The molecule has 30 heavy (non-hydrogen) atoms. The Balaban J connectivity index is 2.30. The van der Waals surface area contributed by atoms with Gasteiger partial charge in [-0.1, -0.05) is 26.0 Å². The van der Waals surface area contributed by atoms with Crippen molar-refractivity contribution in [2.45, 2.75) is 32.6 Å². The zero-order valence-corrected chi connectivity index (χ0v) is 17.7. The second-order valence-corrected chi connectivity index (χ2v) is 8.60. The number of benzene rings is 1. The molecule has 1 atom stereocenters. The first-order valence-corrected chi connectivity index (χ1v) is 9.65. The molecule has 0 spiro atoms. The van der Waals surface area contributed by atoms with E-state index in [-0.39, 0.29) is 30.0 Å². The lowest BCUT2D eigenvalue weighted by Gasteiger charge is -2.37. The van der Waals surface area contributed by atoms with Crippen molar-refractivity contribution in [3.05, 3.63) is 56.2 Å². The maximum absolute atomic E-state index is 13.1. The van der Waals surface area contributed by atoms with Gasteiger partial charge in [-0.05, 0) is 29.0 Å². The Labute approximate surface area is 173 Å².